The molecule has 2 aliphatic carbocycles. The number of hydrogen-bond acceptors (Lipinski definition) is 0. The lowest BCUT2D eigenvalue weighted by molar-refractivity contribution is 0.567. The molecule has 60 heavy (non-hydrogen) atoms. The molecule has 2 aliphatic rings. The number of benzene rings is 6. The van der Waals surface area contributed by atoms with E-state index in [1.807, 2.05) is 0 Å². The molecule has 0 bridgehead atoms. The third kappa shape index (κ3) is 7.74. The van der Waals surface area contributed by atoms with Gasteiger partial charge in [0.1, 0.15) is 0 Å². The molecular formula is C60H58. The zero-order valence-corrected chi connectivity index (χ0v) is 37.7. The molecule has 0 heterocycles. The van der Waals surface area contributed by atoms with Crippen LogP contribution in [0.15, 0.2) is 145 Å². The van der Waals surface area contributed by atoms with E-state index in [0.29, 0.717) is 0 Å². The molecule has 0 spiro atoms. The van der Waals surface area contributed by atoms with Crippen molar-refractivity contribution in [2.24, 2.45) is 0 Å². The van der Waals surface area contributed by atoms with Crippen LogP contribution in [0, 0.1) is 23.7 Å². The highest BCUT2D eigenvalue weighted by Crippen LogP contribution is 2.60. The van der Waals surface area contributed by atoms with Crippen LogP contribution in [0.3, 0.4) is 0 Å². The van der Waals surface area contributed by atoms with Crippen LogP contribution >= 0.6 is 0 Å². The molecule has 6 aromatic rings. The molecule has 0 saturated carbocycles. The topological polar surface area (TPSA) is 0 Å². The van der Waals surface area contributed by atoms with Crippen molar-refractivity contribution in [2.45, 2.75) is 105 Å². The Bertz CT molecular complexity index is 2840. The van der Waals surface area contributed by atoms with Crippen molar-refractivity contribution in [3.8, 4) is 23.7 Å². The van der Waals surface area contributed by atoms with E-state index >= 15 is 0 Å². The molecule has 0 radical (unpaired) electrons. The maximum absolute atomic E-state index is 3.92. The van der Waals surface area contributed by atoms with E-state index in [0.717, 1.165) is 27.8 Å². The van der Waals surface area contributed by atoms with Crippen molar-refractivity contribution in [3.05, 3.63) is 200 Å². The third-order valence-electron chi connectivity index (χ3n) is 12.1. The summed E-state index contributed by atoms with van der Waals surface area (Å²) in [7, 11) is 0. The van der Waals surface area contributed by atoms with Crippen molar-refractivity contribution in [1.29, 1.82) is 0 Å². The van der Waals surface area contributed by atoms with E-state index in [1.165, 1.54) is 72.0 Å². The van der Waals surface area contributed by atoms with Gasteiger partial charge in [0.25, 0.3) is 0 Å². The summed E-state index contributed by atoms with van der Waals surface area (Å²) in [5.41, 5.74) is 18.6. The molecule has 0 aromatic heterocycles. The van der Waals surface area contributed by atoms with Crippen molar-refractivity contribution in [1.82, 2.24) is 0 Å². The molecule has 0 fully saturated rings. The number of fused-ring (bicyclic) bond motifs is 5. The summed E-state index contributed by atoms with van der Waals surface area (Å²) in [6.45, 7) is 27.9. The Labute approximate surface area is 360 Å². The second kappa shape index (κ2) is 14.9. The van der Waals surface area contributed by atoms with E-state index in [2.05, 4.69) is 240 Å². The average Bonchev–Trinajstić information content (AvgIpc) is 3.70. The quantitative estimate of drug-likeness (QED) is 0.154. The van der Waals surface area contributed by atoms with Gasteiger partial charge in [-0.3, -0.25) is 0 Å². The zero-order valence-electron chi connectivity index (χ0n) is 37.7. The highest BCUT2D eigenvalue weighted by Gasteiger charge is 2.41. The summed E-state index contributed by atoms with van der Waals surface area (Å²) >= 11 is 0. The second-order valence-corrected chi connectivity index (χ2v) is 20.8. The molecule has 0 aliphatic heterocycles. The lowest BCUT2D eigenvalue weighted by atomic mass is 9.77. The molecule has 0 heteroatoms. The fourth-order valence-electron chi connectivity index (χ4n) is 8.43. The Hall–Kier alpha value is -6.08. The van der Waals surface area contributed by atoms with Gasteiger partial charge in [-0.1, -0.05) is 216 Å². The molecule has 8 rings (SSSR count). The van der Waals surface area contributed by atoms with Gasteiger partial charge in [-0.2, -0.15) is 0 Å². The third-order valence-corrected chi connectivity index (χ3v) is 12.1. The van der Waals surface area contributed by atoms with Crippen LogP contribution in [0.2, 0.25) is 0 Å². The largest absolute Gasteiger partial charge is 0.0622 e. The van der Waals surface area contributed by atoms with E-state index < -0.39 is 0 Å². The van der Waals surface area contributed by atoms with Crippen molar-refractivity contribution >= 4 is 33.1 Å². The van der Waals surface area contributed by atoms with Crippen molar-refractivity contribution in [3.63, 3.8) is 0 Å². The minimum absolute atomic E-state index is 0.0732. The molecule has 0 nitrogen and oxygen atoms in total. The first-order chi connectivity index (χ1) is 28.3. The molecule has 0 unspecified atom stereocenters. The Morgan fingerprint density at radius 2 is 0.750 bits per heavy atom. The first-order valence-corrected chi connectivity index (χ1v) is 21.5. The minimum Gasteiger partial charge on any atom is -0.0622 e. The summed E-state index contributed by atoms with van der Waals surface area (Å²) in [4.78, 5) is 0. The van der Waals surface area contributed by atoms with Gasteiger partial charge in [0.05, 0.1) is 0 Å². The van der Waals surface area contributed by atoms with Crippen LogP contribution in [0.25, 0.3) is 33.1 Å². The predicted octanol–water partition coefficient (Wildman–Crippen LogP) is 15.3. The van der Waals surface area contributed by atoms with Gasteiger partial charge >= 0.3 is 0 Å². The van der Waals surface area contributed by atoms with Crippen LogP contribution < -0.4 is 0 Å². The molecule has 0 amide bonds. The monoisotopic (exact) mass is 778 g/mol. The summed E-state index contributed by atoms with van der Waals surface area (Å²) in [6.07, 6.45) is 0. The van der Waals surface area contributed by atoms with Gasteiger partial charge in [0.15, 0.2) is 0 Å². The fraction of sp³-hybridized carbons (Fsp3) is 0.267. The van der Waals surface area contributed by atoms with Crippen LogP contribution in [0.5, 0.6) is 0 Å². The molecule has 0 saturated heterocycles. The van der Waals surface area contributed by atoms with Gasteiger partial charge in [-0.15, -0.1) is 0 Å². The first-order valence-electron chi connectivity index (χ1n) is 21.5. The average molecular weight is 779 g/mol. The van der Waals surface area contributed by atoms with Gasteiger partial charge in [0, 0.05) is 44.6 Å². The first kappa shape index (κ1) is 40.7. The van der Waals surface area contributed by atoms with Crippen molar-refractivity contribution < 1.29 is 0 Å². The van der Waals surface area contributed by atoms with Crippen molar-refractivity contribution in [2.75, 3.05) is 0 Å². The summed E-state index contributed by atoms with van der Waals surface area (Å²) < 4.78 is 0. The Morgan fingerprint density at radius 3 is 1.22 bits per heavy atom. The number of rotatable bonds is 2. The van der Waals surface area contributed by atoms with Gasteiger partial charge < -0.3 is 0 Å². The van der Waals surface area contributed by atoms with E-state index in [1.54, 1.807) is 0 Å². The molecular weight excluding hydrogens is 721 g/mol. The lowest BCUT2D eigenvalue weighted by Crippen LogP contribution is -2.17. The van der Waals surface area contributed by atoms with Crippen LogP contribution in [-0.2, 0) is 21.7 Å². The minimum atomic E-state index is -0.0774. The Morgan fingerprint density at radius 1 is 0.333 bits per heavy atom. The Balaban J connectivity index is 1.62. The predicted molar refractivity (Wildman–Crippen MR) is 259 cm³/mol. The standard InChI is InChI=1S/C60H58/c1-57(2,3)44-33-42(34-45(37-44)58(4,5)6)52-51(31-28-40-23-17-14-18-24-40)53(43-35-46(59(7,8)9)38-47(36-43)60(10,11)12)56-54-48-26-20-19-25-41(48)29-32-49(54)50(55(52)56)30-27-39-21-15-13-16-22-39/h13-26,29,32-38H,1-12H3. The van der Waals surface area contributed by atoms with Crippen LogP contribution in [0.4, 0.5) is 0 Å². The van der Waals surface area contributed by atoms with E-state index in [-0.39, 0.29) is 21.7 Å². The molecule has 6 aromatic carbocycles. The molecule has 298 valence electrons. The van der Waals surface area contributed by atoms with Crippen LogP contribution in [-0.4, -0.2) is 0 Å². The van der Waals surface area contributed by atoms with Gasteiger partial charge in [-0.05, 0) is 101 Å². The van der Waals surface area contributed by atoms with Gasteiger partial charge in [0.2, 0.25) is 0 Å². The summed E-state index contributed by atoms with van der Waals surface area (Å²) in [5.74, 6) is 15.1. The zero-order chi connectivity index (χ0) is 42.8. The van der Waals surface area contributed by atoms with Gasteiger partial charge in [-0.25, -0.2) is 0 Å². The van der Waals surface area contributed by atoms with E-state index in [9.17, 15) is 0 Å². The second-order valence-electron chi connectivity index (χ2n) is 20.8. The van der Waals surface area contributed by atoms with Crippen LogP contribution in [0.1, 0.15) is 139 Å². The fourth-order valence-corrected chi connectivity index (χ4v) is 8.43. The molecule has 0 N–H and O–H groups in total. The highest BCUT2D eigenvalue weighted by molar-refractivity contribution is 6.32. The maximum atomic E-state index is 3.92. The maximum Gasteiger partial charge on any atom is 0.0419 e. The smallest absolute Gasteiger partial charge is 0.0419 e. The van der Waals surface area contributed by atoms with E-state index in [4.69, 9.17) is 0 Å². The summed E-state index contributed by atoms with van der Waals surface area (Å²) in [5, 5.41) is 2.45. The number of allylic oxidation sites excluding steroid dienone is 6. The Kier molecular flexibility index (Phi) is 10.1. The molecule has 0 atom stereocenters. The highest BCUT2D eigenvalue weighted by atomic mass is 14.4. The number of hydrogen-bond donors (Lipinski definition) is 0. The summed E-state index contributed by atoms with van der Waals surface area (Å²) in [6, 6.07) is 48.9. The lowest BCUT2D eigenvalue weighted by Gasteiger charge is -2.27. The SMILES string of the molecule is CC(C)(C)c1cc(C2=C(C#Cc3ccccc3)C(c3cc(C(C)(C)C)cc(C(C)(C)C)c3)=C3C2=C(C#Cc2ccccc2)c2ccc4ccccc4c23)cc(C(C)(C)C)c1. The normalized spacial score (nSPS) is 14.2.